The van der Waals surface area contributed by atoms with Gasteiger partial charge in [0.05, 0.1) is 17.2 Å². The molecule has 0 unspecified atom stereocenters. The van der Waals surface area contributed by atoms with E-state index in [9.17, 15) is 9.59 Å². The zero-order valence-corrected chi connectivity index (χ0v) is 14.2. The Bertz CT molecular complexity index is 1050. The molecule has 27 heavy (non-hydrogen) atoms. The van der Waals surface area contributed by atoms with Crippen LogP contribution < -0.4 is 0 Å². The highest BCUT2D eigenvalue weighted by molar-refractivity contribution is 6.21. The summed E-state index contributed by atoms with van der Waals surface area (Å²) in [5.41, 5.74) is 11.4. The second kappa shape index (κ2) is 6.78. The van der Waals surface area contributed by atoms with Crippen LogP contribution in [-0.2, 0) is 0 Å². The molecule has 1 aliphatic heterocycles. The first-order chi connectivity index (χ1) is 13.2. The number of carbonyl (C=O) groups is 2. The number of carbonyl (C=O) groups excluding carboxylic acids is 2. The Balaban J connectivity index is 1.93. The van der Waals surface area contributed by atoms with Gasteiger partial charge < -0.3 is 0 Å². The van der Waals surface area contributed by atoms with Gasteiger partial charge >= 0.3 is 0 Å². The van der Waals surface area contributed by atoms with Crippen LogP contribution in [0.5, 0.6) is 0 Å². The van der Waals surface area contributed by atoms with Crippen LogP contribution in [0.2, 0.25) is 0 Å². The number of hydrogen-bond acceptors (Lipinski definition) is 3. The van der Waals surface area contributed by atoms with E-state index >= 15 is 0 Å². The van der Waals surface area contributed by atoms with E-state index in [1.165, 1.54) is 4.90 Å². The van der Waals surface area contributed by atoms with E-state index < -0.39 is 6.04 Å². The van der Waals surface area contributed by atoms with E-state index in [0.717, 1.165) is 5.56 Å². The molecule has 0 fully saturated rings. The van der Waals surface area contributed by atoms with Gasteiger partial charge in [0.1, 0.15) is 0 Å². The van der Waals surface area contributed by atoms with Gasteiger partial charge in [0.2, 0.25) is 0 Å². The Morgan fingerprint density at radius 1 is 0.778 bits per heavy atom. The van der Waals surface area contributed by atoms with Gasteiger partial charge in [0.25, 0.3) is 11.8 Å². The number of imide groups is 1. The van der Waals surface area contributed by atoms with E-state index in [0.29, 0.717) is 22.4 Å². The van der Waals surface area contributed by atoms with Crippen molar-refractivity contribution in [3.8, 4) is 0 Å². The first-order valence-electron chi connectivity index (χ1n) is 8.38. The van der Waals surface area contributed by atoms with E-state index in [1.807, 2.05) is 30.3 Å². The Morgan fingerprint density at radius 3 is 1.96 bits per heavy atom. The highest BCUT2D eigenvalue weighted by atomic mass is 16.2. The Labute approximate surface area is 155 Å². The van der Waals surface area contributed by atoms with Crippen molar-refractivity contribution in [1.29, 1.82) is 0 Å². The van der Waals surface area contributed by atoms with Gasteiger partial charge in [-0.3, -0.25) is 14.5 Å². The maximum absolute atomic E-state index is 13.1. The number of rotatable bonds is 4. The molecule has 6 nitrogen and oxygen atoms in total. The average molecular weight is 354 g/mol. The van der Waals surface area contributed by atoms with Crippen LogP contribution in [0.25, 0.3) is 10.4 Å². The lowest BCUT2D eigenvalue weighted by Gasteiger charge is -2.28. The molecular formula is C21H14N4O2. The SMILES string of the molecule is [N-]=[N+]=Nc1ccccc1[C@H](c1ccccc1)N1C(=O)c2ccccc2C1=O. The van der Waals surface area contributed by atoms with Crippen molar-refractivity contribution in [3.05, 3.63) is 112 Å². The third kappa shape index (κ3) is 2.74. The van der Waals surface area contributed by atoms with Crippen molar-refractivity contribution in [2.24, 2.45) is 5.11 Å². The summed E-state index contributed by atoms with van der Waals surface area (Å²) < 4.78 is 0. The molecular weight excluding hydrogens is 340 g/mol. The molecule has 6 heteroatoms. The van der Waals surface area contributed by atoms with E-state index in [2.05, 4.69) is 10.0 Å². The molecule has 3 aromatic carbocycles. The third-order valence-electron chi connectivity index (χ3n) is 4.58. The molecule has 0 spiro atoms. The van der Waals surface area contributed by atoms with E-state index in [4.69, 9.17) is 5.53 Å². The van der Waals surface area contributed by atoms with Crippen LogP contribution in [0.1, 0.15) is 37.9 Å². The number of fused-ring (bicyclic) bond motifs is 1. The van der Waals surface area contributed by atoms with Crippen molar-refractivity contribution < 1.29 is 9.59 Å². The van der Waals surface area contributed by atoms with Crippen LogP contribution in [-0.4, -0.2) is 16.7 Å². The first-order valence-corrected chi connectivity index (χ1v) is 8.38. The number of azide groups is 1. The maximum atomic E-state index is 13.1. The van der Waals surface area contributed by atoms with Crippen molar-refractivity contribution in [2.45, 2.75) is 6.04 Å². The smallest absolute Gasteiger partial charge is 0.262 e. The molecule has 4 rings (SSSR count). The highest BCUT2D eigenvalue weighted by Crippen LogP contribution is 2.39. The summed E-state index contributed by atoms with van der Waals surface area (Å²) in [7, 11) is 0. The summed E-state index contributed by atoms with van der Waals surface area (Å²) in [6.07, 6.45) is 0. The monoisotopic (exact) mass is 354 g/mol. The van der Waals surface area contributed by atoms with Crippen LogP contribution >= 0.6 is 0 Å². The molecule has 1 atom stereocenters. The van der Waals surface area contributed by atoms with Gasteiger partial charge in [0.15, 0.2) is 0 Å². The Kier molecular flexibility index (Phi) is 4.16. The fraction of sp³-hybridized carbons (Fsp3) is 0.0476. The zero-order valence-electron chi connectivity index (χ0n) is 14.2. The second-order valence-corrected chi connectivity index (χ2v) is 6.09. The van der Waals surface area contributed by atoms with Crippen LogP contribution in [0.15, 0.2) is 84.0 Å². The zero-order chi connectivity index (χ0) is 18.8. The van der Waals surface area contributed by atoms with Gasteiger partial charge in [-0.25, -0.2) is 0 Å². The summed E-state index contributed by atoms with van der Waals surface area (Å²) in [5.74, 6) is -0.722. The van der Waals surface area contributed by atoms with Crippen molar-refractivity contribution in [3.63, 3.8) is 0 Å². The minimum absolute atomic E-state index is 0.361. The van der Waals surface area contributed by atoms with Gasteiger partial charge in [-0.15, -0.1) is 0 Å². The molecule has 2 amide bonds. The van der Waals surface area contributed by atoms with E-state index in [1.54, 1.807) is 48.5 Å². The Hall–Kier alpha value is -3.89. The minimum Gasteiger partial charge on any atom is -0.269 e. The average Bonchev–Trinajstić information content (AvgIpc) is 2.96. The summed E-state index contributed by atoms with van der Waals surface area (Å²) in [6, 6.07) is 22.3. The lowest BCUT2D eigenvalue weighted by Crippen LogP contribution is -2.34. The standard InChI is InChI=1S/C21H14N4O2/c22-24-23-18-13-7-6-12-17(18)19(14-8-2-1-3-9-14)25-20(26)15-10-4-5-11-16(15)21(25)27/h1-13,19H/t19-/m0/s1. The predicted octanol–water partition coefficient (Wildman–Crippen LogP) is 5.01. The van der Waals surface area contributed by atoms with Gasteiger partial charge in [-0.1, -0.05) is 71.8 Å². The minimum atomic E-state index is -0.694. The third-order valence-corrected chi connectivity index (χ3v) is 4.58. The molecule has 0 radical (unpaired) electrons. The van der Waals surface area contributed by atoms with E-state index in [-0.39, 0.29) is 11.8 Å². The van der Waals surface area contributed by atoms with Crippen LogP contribution in [0.3, 0.4) is 0 Å². The van der Waals surface area contributed by atoms with Gasteiger partial charge in [-0.2, -0.15) is 0 Å². The largest absolute Gasteiger partial charge is 0.269 e. The Morgan fingerprint density at radius 2 is 1.33 bits per heavy atom. The normalized spacial score (nSPS) is 13.9. The molecule has 0 aromatic heterocycles. The van der Waals surface area contributed by atoms with Crippen molar-refractivity contribution >= 4 is 17.5 Å². The summed E-state index contributed by atoms with van der Waals surface area (Å²) in [4.78, 5) is 30.3. The number of benzene rings is 3. The fourth-order valence-electron chi connectivity index (χ4n) is 3.40. The molecule has 1 aliphatic rings. The van der Waals surface area contributed by atoms with Crippen LogP contribution in [0, 0.1) is 0 Å². The molecule has 0 saturated heterocycles. The summed E-state index contributed by atoms with van der Waals surface area (Å²) >= 11 is 0. The summed E-state index contributed by atoms with van der Waals surface area (Å²) in [6.45, 7) is 0. The maximum Gasteiger partial charge on any atom is 0.262 e. The van der Waals surface area contributed by atoms with Gasteiger partial charge in [0, 0.05) is 10.6 Å². The molecule has 1 heterocycles. The number of hydrogen-bond donors (Lipinski definition) is 0. The topological polar surface area (TPSA) is 86.1 Å². The molecule has 0 aliphatic carbocycles. The quantitative estimate of drug-likeness (QED) is 0.285. The number of nitrogens with zero attached hydrogens (tertiary/aromatic N) is 4. The fourth-order valence-corrected chi connectivity index (χ4v) is 3.40. The van der Waals surface area contributed by atoms with Crippen molar-refractivity contribution in [2.75, 3.05) is 0 Å². The molecule has 3 aromatic rings. The molecule has 0 saturated carbocycles. The predicted molar refractivity (Wildman–Crippen MR) is 100 cm³/mol. The van der Waals surface area contributed by atoms with Crippen molar-refractivity contribution in [1.82, 2.24) is 4.90 Å². The highest BCUT2D eigenvalue weighted by Gasteiger charge is 2.41. The second-order valence-electron chi connectivity index (χ2n) is 6.09. The molecule has 130 valence electrons. The molecule has 0 bridgehead atoms. The first kappa shape index (κ1) is 16.6. The summed E-state index contributed by atoms with van der Waals surface area (Å²) in [5, 5.41) is 3.75. The van der Waals surface area contributed by atoms with Crippen LogP contribution in [0.4, 0.5) is 5.69 Å². The lowest BCUT2D eigenvalue weighted by molar-refractivity contribution is 0.0609. The lowest BCUT2D eigenvalue weighted by atomic mass is 9.95. The van der Waals surface area contributed by atoms with Gasteiger partial charge in [-0.05, 0) is 28.8 Å². The number of amides is 2. The molecule has 0 N–H and O–H groups in total.